The molecule has 1 aliphatic rings. The van der Waals surface area contributed by atoms with Crippen molar-refractivity contribution in [1.29, 1.82) is 0 Å². The molecule has 1 saturated heterocycles. The summed E-state index contributed by atoms with van der Waals surface area (Å²) in [6, 6.07) is 10.1. The van der Waals surface area contributed by atoms with E-state index in [2.05, 4.69) is 25.3 Å². The van der Waals surface area contributed by atoms with Crippen molar-refractivity contribution in [2.45, 2.75) is 0 Å². The molecule has 6 heteroatoms. The second-order valence-electron chi connectivity index (χ2n) is 4.65. The van der Waals surface area contributed by atoms with E-state index in [0.717, 1.165) is 31.9 Å². The van der Waals surface area contributed by atoms with Crippen LogP contribution in [0.1, 0.15) is 0 Å². The number of halogens is 1. The Balaban J connectivity index is 1.55. The summed E-state index contributed by atoms with van der Waals surface area (Å²) in [7, 11) is 0. The molecule has 2 heterocycles. The lowest BCUT2D eigenvalue weighted by Crippen LogP contribution is -2.49. The van der Waals surface area contributed by atoms with Gasteiger partial charge in [-0.2, -0.15) is 0 Å². The topological polar surface area (TPSA) is 44.3 Å². The molecule has 1 aromatic carbocycles. The zero-order valence-corrected chi connectivity index (χ0v) is 11.0. The van der Waals surface area contributed by atoms with Crippen molar-refractivity contribution in [2.75, 3.05) is 36.5 Å². The number of hydrogen-bond acceptors (Lipinski definition) is 5. The molecule has 3 rings (SSSR count). The molecule has 0 aliphatic carbocycles. The molecule has 1 aliphatic heterocycles. The predicted octanol–water partition coefficient (Wildman–Crippen LogP) is 1.76. The van der Waals surface area contributed by atoms with Gasteiger partial charge in [-0.3, -0.25) is 0 Å². The van der Waals surface area contributed by atoms with E-state index in [-0.39, 0.29) is 0 Å². The fraction of sp³-hybridized carbons (Fsp3) is 0.286. The number of aromatic nitrogens is 2. The van der Waals surface area contributed by atoms with E-state index in [0.29, 0.717) is 5.95 Å². The van der Waals surface area contributed by atoms with E-state index in [1.54, 1.807) is 0 Å². The van der Waals surface area contributed by atoms with Crippen LogP contribution in [0.25, 0.3) is 0 Å². The van der Waals surface area contributed by atoms with Crippen LogP contribution in [0.3, 0.4) is 0 Å². The highest BCUT2D eigenvalue weighted by molar-refractivity contribution is 5.41. The standard InChI is InChI=1S/C14H16FN5/c15-12-10-16-14(17-11-12)19-6-8-20(9-7-19)18-13-4-2-1-3-5-13/h1-5,10-11,18H,6-9H2. The number of anilines is 2. The highest BCUT2D eigenvalue weighted by Crippen LogP contribution is 2.12. The van der Waals surface area contributed by atoms with Crippen molar-refractivity contribution in [3.8, 4) is 0 Å². The third-order valence-electron chi connectivity index (χ3n) is 3.23. The predicted molar refractivity (Wildman–Crippen MR) is 75.8 cm³/mol. The Morgan fingerprint density at radius 3 is 2.25 bits per heavy atom. The summed E-state index contributed by atoms with van der Waals surface area (Å²) in [6.45, 7) is 3.34. The van der Waals surface area contributed by atoms with Gasteiger partial charge in [0.05, 0.1) is 12.4 Å². The Morgan fingerprint density at radius 1 is 0.950 bits per heavy atom. The average Bonchev–Trinajstić information content (AvgIpc) is 2.50. The maximum absolute atomic E-state index is 12.8. The Labute approximate surface area is 117 Å². The number of benzene rings is 1. The van der Waals surface area contributed by atoms with Crippen molar-refractivity contribution in [3.05, 3.63) is 48.5 Å². The van der Waals surface area contributed by atoms with Crippen molar-refractivity contribution in [2.24, 2.45) is 0 Å². The van der Waals surface area contributed by atoms with Gasteiger partial charge in [0.2, 0.25) is 5.95 Å². The highest BCUT2D eigenvalue weighted by Gasteiger charge is 2.18. The minimum absolute atomic E-state index is 0.405. The molecule has 1 aromatic heterocycles. The summed E-state index contributed by atoms with van der Waals surface area (Å²) in [6.07, 6.45) is 2.41. The lowest BCUT2D eigenvalue weighted by molar-refractivity contribution is 0.306. The van der Waals surface area contributed by atoms with E-state index in [4.69, 9.17) is 0 Å². The van der Waals surface area contributed by atoms with Gasteiger partial charge in [0.1, 0.15) is 0 Å². The summed E-state index contributed by atoms with van der Waals surface area (Å²) in [5.74, 6) is 0.184. The van der Waals surface area contributed by atoms with E-state index in [1.807, 2.05) is 30.3 Å². The van der Waals surface area contributed by atoms with Crippen molar-refractivity contribution < 1.29 is 4.39 Å². The Morgan fingerprint density at radius 2 is 1.60 bits per heavy atom. The third-order valence-corrected chi connectivity index (χ3v) is 3.23. The summed E-state index contributed by atoms with van der Waals surface area (Å²) in [4.78, 5) is 10.1. The van der Waals surface area contributed by atoms with E-state index in [9.17, 15) is 4.39 Å². The molecule has 20 heavy (non-hydrogen) atoms. The number of hydrazine groups is 1. The number of rotatable bonds is 3. The Hall–Kier alpha value is -2.21. The van der Waals surface area contributed by atoms with Gasteiger partial charge in [0.15, 0.2) is 5.82 Å². The van der Waals surface area contributed by atoms with E-state index >= 15 is 0 Å². The molecule has 0 bridgehead atoms. The summed E-state index contributed by atoms with van der Waals surface area (Å²) in [5, 5.41) is 2.16. The largest absolute Gasteiger partial charge is 0.338 e. The van der Waals surface area contributed by atoms with Gasteiger partial charge in [0, 0.05) is 31.9 Å². The van der Waals surface area contributed by atoms with Crippen molar-refractivity contribution in [1.82, 2.24) is 15.0 Å². The van der Waals surface area contributed by atoms with Gasteiger partial charge in [0.25, 0.3) is 0 Å². The minimum atomic E-state index is -0.405. The SMILES string of the molecule is Fc1cnc(N2CCN(Nc3ccccc3)CC2)nc1. The van der Waals surface area contributed by atoms with Crippen LogP contribution >= 0.6 is 0 Å². The number of nitrogens with zero attached hydrogens (tertiary/aromatic N) is 4. The van der Waals surface area contributed by atoms with E-state index < -0.39 is 5.82 Å². The van der Waals surface area contributed by atoms with Crippen molar-refractivity contribution in [3.63, 3.8) is 0 Å². The Kier molecular flexibility index (Phi) is 3.73. The fourth-order valence-corrected chi connectivity index (χ4v) is 2.18. The molecule has 0 saturated carbocycles. The Bertz CT molecular complexity index is 537. The third kappa shape index (κ3) is 3.03. The number of piperazine rings is 1. The first kappa shape index (κ1) is 12.8. The van der Waals surface area contributed by atoms with Crippen LogP contribution in [0.5, 0.6) is 0 Å². The molecule has 0 radical (unpaired) electrons. The molecule has 1 fully saturated rings. The molecule has 0 atom stereocenters. The van der Waals surface area contributed by atoms with Gasteiger partial charge < -0.3 is 10.3 Å². The fourth-order valence-electron chi connectivity index (χ4n) is 2.18. The maximum Gasteiger partial charge on any atom is 0.225 e. The van der Waals surface area contributed by atoms with Gasteiger partial charge in [-0.25, -0.2) is 19.4 Å². The zero-order valence-electron chi connectivity index (χ0n) is 11.0. The quantitative estimate of drug-likeness (QED) is 0.923. The molecule has 0 amide bonds. The first-order valence-electron chi connectivity index (χ1n) is 6.60. The van der Waals surface area contributed by atoms with Crippen LogP contribution in [0.4, 0.5) is 16.0 Å². The van der Waals surface area contributed by atoms with Gasteiger partial charge in [-0.05, 0) is 12.1 Å². The lowest BCUT2D eigenvalue weighted by atomic mass is 10.3. The average molecular weight is 273 g/mol. The molecular weight excluding hydrogens is 257 g/mol. The first-order valence-corrected chi connectivity index (χ1v) is 6.60. The first-order chi connectivity index (χ1) is 9.81. The summed E-state index contributed by atoms with van der Waals surface area (Å²) in [5.41, 5.74) is 4.45. The van der Waals surface area contributed by atoms with Crippen LogP contribution < -0.4 is 10.3 Å². The normalized spacial score (nSPS) is 16.1. The number of nitrogens with one attached hydrogen (secondary N) is 1. The smallest absolute Gasteiger partial charge is 0.225 e. The van der Waals surface area contributed by atoms with Crippen LogP contribution in [-0.2, 0) is 0 Å². The number of para-hydroxylation sites is 1. The molecule has 5 nitrogen and oxygen atoms in total. The number of hydrogen-bond donors (Lipinski definition) is 1. The molecule has 0 spiro atoms. The molecule has 104 valence electrons. The maximum atomic E-state index is 12.8. The van der Waals surface area contributed by atoms with Crippen LogP contribution in [0.15, 0.2) is 42.7 Å². The monoisotopic (exact) mass is 273 g/mol. The van der Waals surface area contributed by atoms with Gasteiger partial charge in [-0.15, -0.1) is 0 Å². The highest BCUT2D eigenvalue weighted by atomic mass is 19.1. The summed E-state index contributed by atoms with van der Waals surface area (Å²) < 4.78 is 12.8. The van der Waals surface area contributed by atoms with Gasteiger partial charge in [-0.1, -0.05) is 18.2 Å². The second-order valence-corrected chi connectivity index (χ2v) is 4.65. The molecule has 2 aromatic rings. The zero-order chi connectivity index (χ0) is 13.8. The molecular formula is C14H16FN5. The second kappa shape index (κ2) is 5.83. The molecule has 1 N–H and O–H groups in total. The minimum Gasteiger partial charge on any atom is -0.338 e. The lowest BCUT2D eigenvalue weighted by Gasteiger charge is -2.35. The van der Waals surface area contributed by atoms with Gasteiger partial charge >= 0.3 is 0 Å². The summed E-state index contributed by atoms with van der Waals surface area (Å²) >= 11 is 0. The van der Waals surface area contributed by atoms with Crippen molar-refractivity contribution >= 4 is 11.6 Å². The van der Waals surface area contributed by atoms with E-state index in [1.165, 1.54) is 12.4 Å². The van der Waals surface area contributed by atoms with Crippen LogP contribution in [0.2, 0.25) is 0 Å². The van der Waals surface area contributed by atoms with Crippen LogP contribution in [0, 0.1) is 5.82 Å². The molecule has 0 unspecified atom stereocenters. The van der Waals surface area contributed by atoms with Crippen LogP contribution in [-0.4, -0.2) is 41.2 Å².